The molecule has 2 aromatic rings. The van der Waals surface area contributed by atoms with Gasteiger partial charge in [0, 0.05) is 29.4 Å². The van der Waals surface area contributed by atoms with Crippen LogP contribution in [0.2, 0.25) is 0 Å². The summed E-state index contributed by atoms with van der Waals surface area (Å²) in [7, 11) is -3.93. The van der Waals surface area contributed by atoms with Crippen molar-refractivity contribution in [2.45, 2.75) is 38.1 Å². The van der Waals surface area contributed by atoms with Gasteiger partial charge in [-0.15, -0.1) is 0 Å². The van der Waals surface area contributed by atoms with Crippen molar-refractivity contribution in [1.29, 1.82) is 0 Å². The van der Waals surface area contributed by atoms with Gasteiger partial charge >= 0.3 is 0 Å². The van der Waals surface area contributed by atoms with Crippen LogP contribution in [0, 0.1) is 0 Å². The first-order valence-corrected chi connectivity index (χ1v) is 12.1. The highest BCUT2D eigenvalue weighted by Gasteiger charge is 2.22. The first kappa shape index (κ1) is 24.4. The summed E-state index contributed by atoms with van der Waals surface area (Å²) in [6.45, 7) is 8.33. The molecule has 0 saturated heterocycles. The van der Waals surface area contributed by atoms with Crippen molar-refractivity contribution in [3.05, 3.63) is 48.0 Å². The lowest BCUT2D eigenvalue weighted by atomic mass is 10.1. The Morgan fingerprint density at radius 3 is 2.39 bits per heavy atom. The van der Waals surface area contributed by atoms with Gasteiger partial charge in [0.15, 0.2) is 11.5 Å². The molecule has 3 rings (SSSR count). The van der Waals surface area contributed by atoms with Crippen molar-refractivity contribution in [2.75, 3.05) is 31.0 Å². The van der Waals surface area contributed by atoms with E-state index in [0.29, 0.717) is 31.3 Å². The van der Waals surface area contributed by atoms with Gasteiger partial charge in [0.1, 0.15) is 13.2 Å². The van der Waals surface area contributed by atoms with Gasteiger partial charge in [-0.1, -0.05) is 6.07 Å². The van der Waals surface area contributed by atoms with Crippen LogP contribution in [0.1, 0.15) is 38.1 Å². The third kappa shape index (κ3) is 6.38. The van der Waals surface area contributed by atoms with E-state index in [2.05, 4.69) is 10.0 Å². The second-order valence-corrected chi connectivity index (χ2v) is 10.3. The Bertz CT molecular complexity index is 1140. The van der Waals surface area contributed by atoms with Crippen LogP contribution in [0.4, 0.5) is 5.69 Å². The van der Waals surface area contributed by atoms with Gasteiger partial charge in [-0.05, 0) is 58.0 Å². The molecule has 0 aromatic heterocycles. The monoisotopic (exact) mass is 475 g/mol. The molecule has 10 heteroatoms. The number of carbonyl (C=O) groups is 2. The zero-order valence-corrected chi connectivity index (χ0v) is 20.0. The summed E-state index contributed by atoms with van der Waals surface area (Å²) in [5, 5.41) is 2.83. The fraction of sp³-hybridized carbons (Fsp3) is 0.391. The fourth-order valence-corrected chi connectivity index (χ4v) is 4.33. The Balaban J connectivity index is 1.75. The Labute approximate surface area is 194 Å². The second-order valence-electron chi connectivity index (χ2n) is 8.61. The molecule has 178 valence electrons. The van der Waals surface area contributed by atoms with Crippen molar-refractivity contribution in [2.24, 2.45) is 0 Å². The summed E-state index contributed by atoms with van der Waals surface area (Å²) in [6.07, 6.45) is 0. The molecule has 2 aromatic carbocycles. The molecule has 9 nitrogen and oxygen atoms in total. The van der Waals surface area contributed by atoms with Gasteiger partial charge < -0.3 is 19.7 Å². The Hall–Kier alpha value is -3.27. The zero-order chi connectivity index (χ0) is 24.2. The molecular weight excluding hydrogens is 446 g/mol. The van der Waals surface area contributed by atoms with E-state index in [-0.39, 0.29) is 34.5 Å². The lowest BCUT2D eigenvalue weighted by Crippen LogP contribution is -2.47. The molecular formula is C23H29N3O6S. The first-order chi connectivity index (χ1) is 15.5. The van der Waals surface area contributed by atoms with E-state index in [1.165, 1.54) is 23.1 Å². The Morgan fingerprint density at radius 1 is 1.03 bits per heavy atom. The third-order valence-electron chi connectivity index (χ3n) is 4.70. The van der Waals surface area contributed by atoms with E-state index in [4.69, 9.17) is 9.47 Å². The molecule has 2 N–H and O–H groups in total. The summed E-state index contributed by atoms with van der Waals surface area (Å²) in [5.41, 5.74) is 0.0831. The number of sulfonamides is 1. The predicted molar refractivity (Wildman–Crippen MR) is 124 cm³/mol. The maximum Gasteiger partial charge on any atom is 0.262 e. The maximum absolute atomic E-state index is 13.0. The number of carbonyl (C=O) groups excluding carboxylic acids is 2. The molecule has 0 atom stereocenters. The van der Waals surface area contributed by atoms with Crippen molar-refractivity contribution in [3.8, 4) is 11.5 Å². The van der Waals surface area contributed by atoms with Gasteiger partial charge in [-0.3, -0.25) is 14.3 Å². The molecule has 0 spiro atoms. The van der Waals surface area contributed by atoms with E-state index < -0.39 is 15.6 Å². The minimum Gasteiger partial charge on any atom is -0.486 e. The van der Waals surface area contributed by atoms with E-state index in [1.807, 2.05) is 20.8 Å². The maximum atomic E-state index is 13.0. The highest BCUT2D eigenvalue weighted by Crippen LogP contribution is 2.32. The lowest BCUT2D eigenvalue weighted by molar-refractivity contribution is -0.123. The second kappa shape index (κ2) is 9.70. The highest BCUT2D eigenvalue weighted by molar-refractivity contribution is 7.92. The Morgan fingerprint density at radius 2 is 1.73 bits per heavy atom. The van der Waals surface area contributed by atoms with E-state index in [1.54, 1.807) is 31.2 Å². The van der Waals surface area contributed by atoms with Crippen LogP contribution in [0.25, 0.3) is 0 Å². The van der Waals surface area contributed by atoms with Crippen molar-refractivity contribution < 1.29 is 27.5 Å². The number of hydrogen-bond donors (Lipinski definition) is 2. The van der Waals surface area contributed by atoms with Crippen LogP contribution in [-0.4, -0.2) is 57.0 Å². The Kier molecular flexibility index (Phi) is 7.16. The van der Waals surface area contributed by atoms with Gasteiger partial charge in [-0.2, -0.15) is 0 Å². The quantitative estimate of drug-likeness (QED) is 0.636. The average Bonchev–Trinajstić information content (AvgIpc) is 2.75. The molecule has 1 aliphatic heterocycles. The third-order valence-corrected chi connectivity index (χ3v) is 6.08. The molecule has 0 bridgehead atoms. The van der Waals surface area contributed by atoms with E-state index >= 15 is 0 Å². The van der Waals surface area contributed by atoms with Gasteiger partial charge in [-0.25, -0.2) is 8.42 Å². The summed E-state index contributed by atoms with van der Waals surface area (Å²) >= 11 is 0. The largest absolute Gasteiger partial charge is 0.486 e. The van der Waals surface area contributed by atoms with Crippen molar-refractivity contribution in [3.63, 3.8) is 0 Å². The van der Waals surface area contributed by atoms with Gasteiger partial charge in [0.05, 0.1) is 11.4 Å². The smallest absolute Gasteiger partial charge is 0.262 e. The summed E-state index contributed by atoms with van der Waals surface area (Å²) < 4.78 is 39.1. The first-order valence-electron chi connectivity index (χ1n) is 10.6. The minimum absolute atomic E-state index is 0.0116. The number of ether oxygens (including phenoxy) is 2. The lowest BCUT2D eigenvalue weighted by Gasteiger charge is -2.25. The molecule has 0 unspecified atom stereocenters. The van der Waals surface area contributed by atoms with E-state index in [0.717, 1.165) is 0 Å². The number of benzene rings is 2. The van der Waals surface area contributed by atoms with E-state index in [9.17, 15) is 18.0 Å². The minimum atomic E-state index is -3.93. The SMILES string of the molecule is CCN(CC(=O)NC(C)(C)C)C(=O)c1cccc(NS(=O)(=O)c2ccc3c(c2)OCCO3)c1. The van der Waals surface area contributed by atoms with Crippen LogP contribution < -0.4 is 19.5 Å². The number of nitrogens with one attached hydrogen (secondary N) is 2. The molecule has 0 radical (unpaired) electrons. The number of likely N-dealkylation sites (N-methyl/N-ethyl adjacent to an activating group) is 1. The van der Waals surface area contributed by atoms with Crippen LogP contribution in [0.3, 0.4) is 0 Å². The summed E-state index contributed by atoms with van der Waals surface area (Å²) in [5.74, 6) is 0.207. The van der Waals surface area contributed by atoms with Gasteiger partial charge in [0.2, 0.25) is 5.91 Å². The number of hydrogen-bond acceptors (Lipinski definition) is 6. The normalized spacial score (nSPS) is 13.2. The molecule has 0 saturated carbocycles. The topological polar surface area (TPSA) is 114 Å². The van der Waals surface area contributed by atoms with Gasteiger partial charge in [0.25, 0.3) is 15.9 Å². The summed E-state index contributed by atoms with van der Waals surface area (Å²) in [4.78, 5) is 26.6. The number of nitrogens with zero attached hydrogens (tertiary/aromatic N) is 1. The van der Waals surface area contributed by atoms with Crippen molar-refractivity contribution >= 4 is 27.5 Å². The molecule has 2 amide bonds. The average molecular weight is 476 g/mol. The van der Waals surface area contributed by atoms with Crippen LogP contribution in [0.15, 0.2) is 47.4 Å². The van der Waals surface area contributed by atoms with Crippen LogP contribution >= 0.6 is 0 Å². The zero-order valence-electron chi connectivity index (χ0n) is 19.2. The number of amides is 2. The predicted octanol–water partition coefficient (Wildman–Crippen LogP) is 2.64. The fourth-order valence-electron chi connectivity index (χ4n) is 3.26. The number of fused-ring (bicyclic) bond motifs is 1. The molecule has 0 aliphatic carbocycles. The standard InChI is InChI=1S/C23H29N3O6S/c1-5-26(15-21(27)24-23(2,3)4)22(28)16-7-6-8-17(13-16)25-33(29,30)18-9-10-19-20(14-18)32-12-11-31-19/h6-10,13-14,25H,5,11-12,15H2,1-4H3,(H,24,27). The molecule has 0 fully saturated rings. The summed E-state index contributed by atoms with van der Waals surface area (Å²) in [6, 6.07) is 10.5. The van der Waals surface area contributed by atoms with Crippen LogP contribution in [0.5, 0.6) is 11.5 Å². The molecule has 1 aliphatic rings. The number of rotatable bonds is 7. The molecule has 1 heterocycles. The molecule has 33 heavy (non-hydrogen) atoms. The highest BCUT2D eigenvalue weighted by atomic mass is 32.2. The number of anilines is 1. The van der Waals surface area contributed by atoms with Crippen LogP contribution in [-0.2, 0) is 14.8 Å². The van der Waals surface area contributed by atoms with Crippen molar-refractivity contribution in [1.82, 2.24) is 10.2 Å².